The first-order valence-corrected chi connectivity index (χ1v) is 6.72. The first-order chi connectivity index (χ1) is 8.83. The van der Waals surface area contributed by atoms with Crippen LogP contribution in [0.25, 0.3) is 0 Å². The molecule has 0 fully saturated rings. The minimum atomic E-state index is 0.247. The van der Waals surface area contributed by atoms with Crippen LogP contribution in [0.15, 0.2) is 47.1 Å². The highest BCUT2D eigenvalue weighted by Crippen LogP contribution is 2.23. The maximum absolute atomic E-state index is 5.46. The van der Waals surface area contributed by atoms with Gasteiger partial charge in [0.25, 0.3) is 0 Å². The van der Waals surface area contributed by atoms with Gasteiger partial charge >= 0.3 is 0 Å². The van der Waals surface area contributed by atoms with Gasteiger partial charge in [-0.15, -0.1) is 0 Å². The van der Waals surface area contributed by atoms with Crippen molar-refractivity contribution in [3.05, 3.63) is 54.0 Å². The van der Waals surface area contributed by atoms with Gasteiger partial charge < -0.3 is 9.73 Å². The fourth-order valence-corrected chi connectivity index (χ4v) is 2.12. The van der Waals surface area contributed by atoms with Crippen molar-refractivity contribution in [3.8, 4) is 0 Å². The summed E-state index contributed by atoms with van der Waals surface area (Å²) in [6.45, 7) is 4.36. The molecule has 1 aromatic carbocycles. The first kappa shape index (κ1) is 12.7. The van der Waals surface area contributed by atoms with Gasteiger partial charge in [-0.2, -0.15) is 0 Å². The van der Waals surface area contributed by atoms with Crippen LogP contribution in [0.4, 0.5) is 5.69 Å². The number of benzene rings is 1. The van der Waals surface area contributed by atoms with Crippen LogP contribution in [0, 0.1) is 0 Å². The van der Waals surface area contributed by atoms with Crippen molar-refractivity contribution in [2.24, 2.45) is 0 Å². The lowest BCUT2D eigenvalue weighted by molar-refractivity contribution is 0.474. The maximum atomic E-state index is 5.46. The molecule has 2 rings (SSSR count). The van der Waals surface area contributed by atoms with E-state index in [-0.39, 0.29) is 6.04 Å². The van der Waals surface area contributed by atoms with Crippen LogP contribution in [0.5, 0.6) is 0 Å². The molecule has 0 radical (unpaired) electrons. The molecule has 1 aromatic heterocycles. The lowest BCUT2D eigenvalue weighted by atomic mass is 10.1. The van der Waals surface area contributed by atoms with Crippen molar-refractivity contribution in [1.29, 1.82) is 0 Å². The Morgan fingerprint density at radius 3 is 2.44 bits per heavy atom. The second kappa shape index (κ2) is 6.29. The molecule has 1 heterocycles. The average Bonchev–Trinajstić information content (AvgIpc) is 2.92. The Balaban J connectivity index is 2.03. The monoisotopic (exact) mass is 243 g/mol. The third-order valence-electron chi connectivity index (χ3n) is 3.13. The normalized spacial score (nSPS) is 12.3. The quantitative estimate of drug-likeness (QED) is 0.788. The molecule has 0 aliphatic carbocycles. The van der Waals surface area contributed by atoms with Crippen LogP contribution < -0.4 is 5.32 Å². The summed E-state index contributed by atoms with van der Waals surface area (Å²) < 4.78 is 5.46. The summed E-state index contributed by atoms with van der Waals surface area (Å²) in [7, 11) is 0. The second-order valence-corrected chi connectivity index (χ2v) is 4.57. The van der Waals surface area contributed by atoms with E-state index in [1.807, 2.05) is 12.1 Å². The van der Waals surface area contributed by atoms with E-state index >= 15 is 0 Å². The highest BCUT2D eigenvalue weighted by Gasteiger charge is 2.11. The van der Waals surface area contributed by atoms with E-state index < -0.39 is 0 Å². The van der Waals surface area contributed by atoms with Crippen molar-refractivity contribution in [2.45, 2.75) is 39.2 Å². The second-order valence-electron chi connectivity index (χ2n) is 4.57. The molecule has 0 aliphatic rings. The van der Waals surface area contributed by atoms with Gasteiger partial charge in [-0.1, -0.05) is 32.4 Å². The van der Waals surface area contributed by atoms with Crippen LogP contribution in [-0.4, -0.2) is 0 Å². The van der Waals surface area contributed by atoms with Crippen molar-refractivity contribution in [1.82, 2.24) is 0 Å². The molecular formula is C16H21NO. The fourth-order valence-electron chi connectivity index (χ4n) is 2.12. The van der Waals surface area contributed by atoms with Crippen molar-refractivity contribution >= 4 is 5.69 Å². The van der Waals surface area contributed by atoms with Crippen LogP contribution >= 0.6 is 0 Å². The Bertz CT molecular complexity index is 444. The van der Waals surface area contributed by atoms with Gasteiger partial charge in [0.2, 0.25) is 0 Å². The molecule has 2 nitrogen and oxygen atoms in total. The van der Waals surface area contributed by atoms with Crippen molar-refractivity contribution in [2.75, 3.05) is 5.32 Å². The van der Waals surface area contributed by atoms with E-state index in [2.05, 4.69) is 43.4 Å². The zero-order valence-electron chi connectivity index (χ0n) is 11.1. The summed E-state index contributed by atoms with van der Waals surface area (Å²) in [6, 6.07) is 12.9. The minimum absolute atomic E-state index is 0.247. The summed E-state index contributed by atoms with van der Waals surface area (Å²) in [5.74, 6) is 0.995. The van der Waals surface area contributed by atoms with E-state index in [1.54, 1.807) is 6.26 Å². The SMILES string of the molecule is CCCc1ccc(NC(CC)c2ccco2)cc1. The van der Waals surface area contributed by atoms with Gasteiger partial charge in [0.15, 0.2) is 0 Å². The lowest BCUT2D eigenvalue weighted by Gasteiger charge is -2.16. The standard InChI is InChI=1S/C16H21NO/c1-3-6-13-8-10-14(11-9-13)17-15(4-2)16-7-5-12-18-16/h5,7-12,15,17H,3-4,6H2,1-2H3. The third kappa shape index (κ3) is 3.16. The number of rotatable bonds is 6. The smallest absolute Gasteiger partial charge is 0.125 e. The fraction of sp³-hybridized carbons (Fsp3) is 0.375. The lowest BCUT2D eigenvalue weighted by Crippen LogP contribution is -2.08. The number of hydrogen-bond acceptors (Lipinski definition) is 2. The number of nitrogens with one attached hydrogen (secondary N) is 1. The summed E-state index contributed by atoms with van der Waals surface area (Å²) >= 11 is 0. The van der Waals surface area contributed by atoms with Gasteiger partial charge in [0.1, 0.15) is 5.76 Å². The molecule has 2 aromatic rings. The summed E-state index contributed by atoms with van der Waals surface area (Å²) in [5.41, 5.74) is 2.55. The first-order valence-electron chi connectivity index (χ1n) is 6.72. The van der Waals surface area contributed by atoms with E-state index in [0.29, 0.717) is 0 Å². The van der Waals surface area contributed by atoms with Crippen LogP contribution in [0.1, 0.15) is 44.1 Å². The van der Waals surface area contributed by atoms with Crippen LogP contribution in [0.2, 0.25) is 0 Å². The van der Waals surface area contributed by atoms with Gasteiger partial charge in [0.05, 0.1) is 12.3 Å². The summed E-state index contributed by atoms with van der Waals surface area (Å²) in [6.07, 6.45) is 5.07. The van der Waals surface area contributed by atoms with E-state index in [4.69, 9.17) is 4.42 Å². The average molecular weight is 243 g/mol. The molecule has 0 spiro atoms. The van der Waals surface area contributed by atoms with Crippen molar-refractivity contribution < 1.29 is 4.42 Å². The van der Waals surface area contributed by atoms with Crippen LogP contribution in [-0.2, 0) is 6.42 Å². The minimum Gasteiger partial charge on any atom is -0.467 e. The predicted molar refractivity (Wildman–Crippen MR) is 75.8 cm³/mol. The Hall–Kier alpha value is -1.70. The Labute approximate surface area is 109 Å². The number of anilines is 1. The largest absolute Gasteiger partial charge is 0.467 e. The van der Waals surface area contributed by atoms with Gasteiger partial charge in [0, 0.05) is 5.69 Å². The maximum Gasteiger partial charge on any atom is 0.125 e. The third-order valence-corrected chi connectivity index (χ3v) is 3.13. The molecule has 96 valence electrons. The summed E-state index contributed by atoms with van der Waals surface area (Å²) in [4.78, 5) is 0. The molecule has 18 heavy (non-hydrogen) atoms. The highest BCUT2D eigenvalue weighted by molar-refractivity contribution is 5.46. The Kier molecular flexibility index (Phi) is 4.46. The van der Waals surface area contributed by atoms with E-state index in [1.165, 1.54) is 12.0 Å². The zero-order valence-corrected chi connectivity index (χ0v) is 11.1. The molecule has 0 amide bonds. The molecule has 0 saturated heterocycles. The topological polar surface area (TPSA) is 25.2 Å². The number of hydrogen-bond donors (Lipinski definition) is 1. The molecule has 0 bridgehead atoms. The van der Waals surface area contributed by atoms with E-state index in [0.717, 1.165) is 24.3 Å². The molecule has 1 unspecified atom stereocenters. The molecule has 1 atom stereocenters. The number of furan rings is 1. The molecular weight excluding hydrogens is 222 g/mol. The highest BCUT2D eigenvalue weighted by atomic mass is 16.3. The molecule has 1 N–H and O–H groups in total. The molecule has 0 saturated carbocycles. The zero-order chi connectivity index (χ0) is 12.8. The summed E-state index contributed by atoms with van der Waals surface area (Å²) in [5, 5.41) is 3.51. The van der Waals surface area contributed by atoms with Gasteiger partial charge in [-0.25, -0.2) is 0 Å². The Morgan fingerprint density at radius 2 is 1.89 bits per heavy atom. The molecule has 0 aliphatic heterocycles. The van der Waals surface area contributed by atoms with Crippen LogP contribution in [0.3, 0.4) is 0 Å². The Morgan fingerprint density at radius 1 is 1.11 bits per heavy atom. The van der Waals surface area contributed by atoms with E-state index in [9.17, 15) is 0 Å². The number of aryl methyl sites for hydroxylation is 1. The molecule has 2 heteroatoms. The van der Waals surface area contributed by atoms with Gasteiger partial charge in [-0.3, -0.25) is 0 Å². The predicted octanol–water partition coefficient (Wildman–Crippen LogP) is 4.80. The van der Waals surface area contributed by atoms with Gasteiger partial charge in [-0.05, 0) is 42.7 Å². The van der Waals surface area contributed by atoms with Crippen molar-refractivity contribution in [3.63, 3.8) is 0 Å².